The number of hydrogen-bond acceptors (Lipinski definition) is 5. The minimum absolute atomic E-state index is 0.0150. The van der Waals surface area contributed by atoms with Crippen LogP contribution in [0.5, 0.6) is 5.75 Å². The number of carbonyl (C=O) groups is 2. The molecule has 3 rings (SSSR count). The summed E-state index contributed by atoms with van der Waals surface area (Å²) in [6.45, 7) is 4.22. The molecule has 142 valence electrons. The molecule has 2 aliphatic heterocycles. The van der Waals surface area contributed by atoms with Crippen molar-refractivity contribution in [3.8, 4) is 5.75 Å². The van der Waals surface area contributed by atoms with Gasteiger partial charge in [-0.25, -0.2) is 0 Å². The van der Waals surface area contributed by atoms with Gasteiger partial charge in [-0.15, -0.1) is 0 Å². The fraction of sp³-hybridized carbons (Fsp3) is 0.556. The van der Waals surface area contributed by atoms with Crippen LogP contribution in [0.4, 0.5) is 0 Å². The van der Waals surface area contributed by atoms with Crippen LogP contribution in [0.1, 0.15) is 6.42 Å². The van der Waals surface area contributed by atoms with Crippen molar-refractivity contribution in [2.24, 2.45) is 0 Å². The lowest BCUT2D eigenvalue weighted by atomic mass is 10.1. The van der Waals surface area contributed by atoms with Crippen LogP contribution < -0.4 is 10.1 Å². The van der Waals surface area contributed by atoms with Crippen molar-refractivity contribution in [2.45, 2.75) is 12.5 Å². The average Bonchev–Trinajstić information content (AvgIpc) is 2.68. The first kappa shape index (κ1) is 18.9. The van der Waals surface area contributed by atoms with Gasteiger partial charge < -0.3 is 24.6 Å². The number of carbonyl (C=O) groups excluding carboxylic acids is 2. The number of nitrogens with zero attached hydrogens (tertiary/aromatic N) is 2. The van der Waals surface area contributed by atoms with Crippen LogP contribution in [0.2, 0.25) is 5.02 Å². The molecule has 1 aromatic carbocycles. The van der Waals surface area contributed by atoms with Gasteiger partial charge in [0.25, 0.3) is 5.91 Å². The maximum absolute atomic E-state index is 12.4. The van der Waals surface area contributed by atoms with Crippen LogP contribution in [0.3, 0.4) is 0 Å². The van der Waals surface area contributed by atoms with Crippen LogP contribution in [-0.4, -0.2) is 80.2 Å². The van der Waals surface area contributed by atoms with E-state index >= 15 is 0 Å². The molecule has 2 aliphatic rings. The fourth-order valence-electron chi connectivity index (χ4n) is 3.06. The molecule has 2 fully saturated rings. The molecule has 0 bridgehead atoms. The molecule has 0 saturated carbocycles. The summed E-state index contributed by atoms with van der Waals surface area (Å²) in [6.07, 6.45) is 0.438. The number of hydrogen-bond donors (Lipinski definition) is 1. The maximum atomic E-state index is 12.4. The molecular weight excluding hydrogens is 358 g/mol. The van der Waals surface area contributed by atoms with E-state index in [1.165, 1.54) is 0 Å². The summed E-state index contributed by atoms with van der Waals surface area (Å²) in [7, 11) is 0. The topological polar surface area (TPSA) is 71.1 Å². The third-order valence-electron chi connectivity index (χ3n) is 4.58. The Bertz CT molecular complexity index is 611. The fourth-order valence-corrected chi connectivity index (χ4v) is 3.19. The summed E-state index contributed by atoms with van der Waals surface area (Å²) in [6, 6.07) is 6.99. The molecule has 2 saturated heterocycles. The van der Waals surface area contributed by atoms with Gasteiger partial charge in [0.1, 0.15) is 5.75 Å². The van der Waals surface area contributed by atoms with E-state index in [1.807, 2.05) is 4.90 Å². The van der Waals surface area contributed by atoms with Gasteiger partial charge in [0.15, 0.2) is 6.61 Å². The van der Waals surface area contributed by atoms with Gasteiger partial charge in [-0.05, 0) is 24.3 Å². The van der Waals surface area contributed by atoms with Crippen molar-refractivity contribution in [1.82, 2.24) is 15.1 Å². The summed E-state index contributed by atoms with van der Waals surface area (Å²) in [5.74, 6) is 0.644. The molecule has 0 spiro atoms. The molecule has 8 heteroatoms. The molecule has 1 N–H and O–H groups in total. The zero-order valence-corrected chi connectivity index (χ0v) is 15.4. The first-order chi connectivity index (χ1) is 12.6. The predicted molar refractivity (Wildman–Crippen MR) is 97.3 cm³/mol. The van der Waals surface area contributed by atoms with Crippen LogP contribution in [0.15, 0.2) is 24.3 Å². The van der Waals surface area contributed by atoms with Crippen molar-refractivity contribution in [1.29, 1.82) is 0 Å². The largest absolute Gasteiger partial charge is 0.484 e. The average molecular weight is 382 g/mol. The normalized spacial score (nSPS) is 20.7. The van der Waals surface area contributed by atoms with Crippen molar-refractivity contribution in [3.05, 3.63) is 29.3 Å². The third-order valence-corrected chi connectivity index (χ3v) is 4.83. The highest BCUT2D eigenvalue weighted by atomic mass is 35.5. The van der Waals surface area contributed by atoms with Gasteiger partial charge in [0.05, 0.1) is 13.2 Å². The first-order valence-corrected chi connectivity index (χ1v) is 9.24. The van der Waals surface area contributed by atoms with Crippen molar-refractivity contribution < 1.29 is 19.1 Å². The molecule has 2 heterocycles. The maximum Gasteiger partial charge on any atom is 0.260 e. The highest BCUT2D eigenvalue weighted by Gasteiger charge is 2.26. The zero-order valence-electron chi connectivity index (χ0n) is 14.7. The second-order valence-electron chi connectivity index (χ2n) is 6.43. The van der Waals surface area contributed by atoms with Gasteiger partial charge in [-0.1, -0.05) is 11.6 Å². The number of piperazine rings is 1. The van der Waals surface area contributed by atoms with E-state index in [-0.39, 0.29) is 24.5 Å². The number of benzene rings is 1. The summed E-state index contributed by atoms with van der Waals surface area (Å²) < 4.78 is 10.9. The molecule has 0 aliphatic carbocycles. The molecule has 0 aromatic heterocycles. The second-order valence-corrected chi connectivity index (χ2v) is 6.87. The van der Waals surface area contributed by atoms with E-state index in [1.54, 1.807) is 29.2 Å². The summed E-state index contributed by atoms with van der Waals surface area (Å²) in [5.41, 5.74) is 0. The smallest absolute Gasteiger partial charge is 0.260 e. The lowest BCUT2D eigenvalue weighted by molar-refractivity contribution is -0.141. The number of halogens is 1. The van der Waals surface area contributed by atoms with Gasteiger partial charge in [-0.2, -0.15) is 0 Å². The molecule has 0 radical (unpaired) electrons. The van der Waals surface area contributed by atoms with Gasteiger partial charge in [0.2, 0.25) is 5.91 Å². The number of nitrogens with one attached hydrogen (secondary N) is 1. The second kappa shape index (κ2) is 9.21. The molecule has 1 aromatic rings. The molecular formula is C18H24ClN3O4. The van der Waals surface area contributed by atoms with Crippen molar-refractivity contribution >= 4 is 23.4 Å². The van der Waals surface area contributed by atoms with Crippen LogP contribution >= 0.6 is 11.6 Å². The van der Waals surface area contributed by atoms with E-state index in [9.17, 15) is 9.59 Å². The van der Waals surface area contributed by atoms with E-state index in [0.29, 0.717) is 56.6 Å². The highest BCUT2D eigenvalue weighted by Crippen LogP contribution is 2.15. The molecule has 1 unspecified atom stereocenters. The lowest BCUT2D eigenvalue weighted by Gasteiger charge is -2.35. The van der Waals surface area contributed by atoms with Crippen molar-refractivity contribution in [2.75, 3.05) is 52.5 Å². The summed E-state index contributed by atoms with van der Waals surface area (Å²) in [4.78, 5) is 28.2. The Morgan fingerprint density at radius 2 is 1.77 bits per heavy atom. The Morgan fingerprint density at radius 1 is 1.12 bits per heavy atom. The molecule has 1 atom stereocenters. The molecule has 2 amide bonds. The minimum atomic E-state index is -0.0746. The molecule has 7 nitrogen and oxygen atoms in total. The van der Waals surface area contributed by atoms with E-state index in [2.05, 4.69) is 5.32 Å². The predicted octanol–water partition coefficient (Wildman–Crippen LogP) is 0.768. The summed E-state index contributed by atoms with van der Waals surface area (Å²) in [5, 5.41) is 3.91. The Hall–Kier alpha value is -1.83. The zero-order chi connectivity index (χ0) is 18.4. The van der Waals surface area contributed by atoms with E-state index in [4.69, 9.17) is 21.1 Å². The number of ether oxygens (including phenoxy) is 2. The minimum Gasteiger partial charge on any atom is -0.484 e. The monoisotopic (exact) mass is 381 g/mol. The standard InChI is InChI=1S/C18H24ClN3O4/c19-14-1-3-16(4-2-14)26-13-18(24)22-8-6-21(7-9-22)17(23)11-15-12-25-10-5-20-15/h1-4,15,20H,5-13H2. The third kappa shape index (κ3) is 5.33. The Morgan fingerprint density at radius 3 is 2.38 bits per heavy atom. The highest BCUT2D eigenvalue weighted by molar-refractivity contribution is 6.30. The van der Waals surface area contributed by atoms with Gasteiger partial charge >= 0.3 is 0 Å². The van der Waals surface area contributed by atoms with Crippen LogP contribution in [-0.2, 0) is 14.3 Å². The van der Waals surface area contributed by atoms with Gasteiger partial charge in [-0.3, -0.25) is 9.59 Å². The Labute approximate surface area is 158 Å². The molecule has 26 heavy (non-hydrogen) atoms. The quantitative estimate of drug-likeness (QED) is 0.815. The Balaban J connectivity index is 1.39. The number of rotatable bonds is 5. The summed E-state index contributed by atoms with van der Waals surface area (Å²) >= 11 is 5.82. The van der Waals surface area contributed by atoms with Crippen molar-refractivity contribution in [3.63, 3.8) is 0 Å². The van der Waals surface area contributed by atoms with Crippen LogP contribution in [0, 0.1) is 0 Å². The number of morpholine rings is 1. The van der Waals surface area contributed by atoms with E-state index < -0.39 is 0 Å². The van der Waals surface area contributed by atoms with E-state index in [0.717, 1.165) is 6.54 Å². The number of amides is 2. The van der Waals surface area contributed by atoms with Crippen LogP contribution in [0.25, 0.3) is 0 Å². The first-order valence-electron chi connectivity index (χ1n) is 8.87. The lowest BCUT2D eigenvalue weighted by Crippen LogP contribution is -2.53. The van der Waals surface area contributed by atoms with Gasteiger partial charge in [0, 0.05) is 50.2 Å². The Kier molecular flexibility index (Phi) is 6.71. The SMILES string of the molecule is O=C(COc1ccc(Cl)cc1)N1CCN(C(=O)CC2COCCN2)CC1.